The van der Waals surface area contributed by atoms with Gasteiger partial charge in [0.05, 0.1) is 25.2 Å². The summed E-state index contributed by atoms with van der Waals surface area (Å²) in [5.41, 5.74) is 0.664. The number of urea groups is 1. The zero-order valence-corrected chi connectivity index (χ0v) is 16.0. The summed E-state index contributed by atoms with van der Waals surface area (Å²) in [5, 5.41) is 7.06. The Kier molecular flexibility index (Phi) is 6.05. The van der Waals surface area contributed by atoms with E-state index in [2.05, 4.69) is 10.6 Å². The molecule has 2 heterocycles. The van der Waals surface area contributed by atoms with Crippen LogP contribution in [0.3, 0.4) is 0 Å². The number of benzene rings is 1. The van der Waals surface area contributed by atoms with E-state index in [4.69, 9.17) is 4.74 Å². The van der Waals surface area contributed by atoms with Crippen LogP contribution in [0, 0.1) is 0 Å². The fourth-order valence-corrected chi connectivity index (χ4v) is 3.30. The summed E-state index contributed by atoms with van der Waals surface area (Å²) in [6.07, 6.45) is -0.989. The molecule has 0 radical (unpaired) electrons. The molecule has 1 saturated heterocycles. The molecule has 1 aliphatic rings. The van der Waals surface area contributed by atoms with Gasteiger partial charge in [0, 0.05) is 4.88 Å². The lowest BCUT2D eigenvalue weighted by atomic mass is 10.1. The summed E-state index contributed by atoms with van der Waals surface area (Å²) in [6, 6.07) is 9.79. The number of nitrogens with one attached hydrogen (secondary N) is 2. The molecular weight excluding hydrogens is 382 g/mol. The standard InChI is InChI=1S/C19H19N3O5S/c1-12(17(24)20-9-14-6-4-8-28-14)27-18(25)15-7-3-2-5-13(15)11-22-16(23)10-21-19(22)26/h2-8,12H,9-11H2,1H3,(H,20,24)(H,21,26). The van der Waals surface area contributed by atoms with Crippen LogP contribution in [0.4, 0.5) is 4.79 Å². The average Bonchev–Trinajstić information content (AvgIpc) is 3.31. The maximum Gasteiger partial charge on any atom is 0.339 e. The summed E-state index contributed by atoms with van der Waals surface area (Å²) in [4.78, 5) is 50.2. The van der Waals surface area contributed by atoms with Crippen molar-refractivity contribution in [2.75, 3.05) is 6.54 Å². The Morgan fingerprint density at radius 2 is 2.04 bits per heavy atom. The molecule has 1 aromatic carbocycles. The van der Waals surface area contributed by atoms with Crippen LogP contribution in [-0.4, -0.2) is 41.4 Å². The van der Waals surface area contributed by atoms with Crippen molar-refractivity contribution in [2.45, 2.75) is 26.1 Å². The molecule has 28 heavy (non-hydrogen) atoms. The van der Waals surface area contributed by atoms with E-state index < -0.39 is 24.0 Å². The van der Waals surface area contributed by atoms with E-state index in [1.807, 2.05) is 17.5 Å². The van der Waals surface area contributed by atoms with Crippen LogP contribution in [0.5, 0.6) is 0 Å². The molecule has 1 atom stereocenters. The Hall–Kier alpha value is -3.20. The van der Waals surface area contributed by atoms with Gasteiger partial charge in [-0.2, -0.15) is 0 Å². The van der Waals surface area contributed by atoms with Crippen LogP contribution in [-0.2, 0) is 27.4 Å². The summed E-state index contributed by atoms with van der Waals surface area (Å²) < 4.78 is 5.28. The maximum absolute atomic E-state index is 12.5. The van der Waals surface area contributed by atoms with Crippen LogP contribution >= 0.6 is 11.3 Å². The molecule has 3 rings (SSSR count). The second-order valence-corrected chi connectivity index (χ2v) is 7.17. The molecule has 0 saturated carbocycles. The van der Waals surface area contributed by atoms with Gasteiger partial charge in [0.15, 0.2) is 6.10 Å². The number of nitrogens with zero attached hydrogens (tertiary/aromatic N) is 1. The first kappa shape index (κ1) is 19.6. The van der Waals surface area contributed by atoms with Gasteiger partial charge in [-0.25, -0.2) is 9.59 Å². The highest BCUT2D eigenvalue weighted by Crippen LogP contribution is 2.16. The Balaban J connectivity index is 1.63. The quantitative estimate of drug-likeness (QED) is 0.542. The summed E-state index contributed by atoms with van der Waals surface area (Å²) in [5.74, 6) is -1.47. The van der Waals surface area contributed by atoms with Gasteiger partial charge in [-0.1, -0.05) is 24.3 Å². The molecule has 9 heteroatoms. The third kappa shape index (κ3) is 4.55. The van der Waals surface area contributed by atoms with Crippen LogP contribution < -0.4 is 10.6 Å². The van der Waals surface area contributed by atoms with Crippen LogP contribution in [0.2, 0.25) is 0 Å². The second kappa shape index (κ2) is 8.66. The first-order valence-corrected chi connectivity index (χ1v) is 9.51. The van der Waals surface area contributed by atoms with Gasteiger partial charge in [-0.05, 0) is 30.0 Å². The zero-order valence-electron chi connectivity index (χ0n) is 15.1. The minimum Gasteiger partial charge on any atom is -0.449 e. The number of carbonyl (C=O) groups excluding carboxylic acids is 4. The minimum absolute atomic E-state index is 0.0467. The minimum atomic E-state index is -0.989. The Bertz CT molecular complexity index is 881. The summed E-state index contributed by atoms with van der Waals surface area (Å²) >= 11 is 1.52. The van der Waals surface area contributed by atoms with E-state index in [9.17, 15) is 19.2 Å². The highest BCUT2D eigenvalue weighted by molar-refractivity contribution is 7.09. The van der Waals surface area contributed by atoms with E-state index in [-0.39, 0.29) is 24.6 Å². The van der Waals surface area contributed by atoms with Crippen LogP contribution in [0.25, 0.3) is 0 Å². The van der Waals surface area contributed by atoms with Gasteiger partial charge >= 0.3 is 12.0 Å². The Morgan fingerprint density at radius 3 is 2.71 bits per heavy atom. The molecule has 146 valence electrons. The summed E-state index contributed by atoms with van der Waals surface area (Å²) in [7, 11) is 0. The molecule has 0 bridgehead atoms. The third-order valence-corrected chi connectivity index (χ3v) is 5.05. The highest BCUT2D eigenvalue weighted by Gasteiger charge is 2.30. The van der Waals surface area contributed by atoms with Gasteiger partial charge in [-0.3, -0.25) is 14.5 Å². The first-order chi connectivity index (χ1) is 13.5. The van der Waals surface area contributed by atoms with Crippen molar-refractivity contribution >= 4 is 35.2 Å². The predicted octanol–water partition coefficient (Wildman–Crippen LogP) is 1.66. The van der Waals surface area contributed by atoms with E-state index >= 15 is 0 Å². The molecule has 1 aromatic heterocycles. The Morgan fingerprint density at radius 1 is 1.25 bits per heavy atom. The monoisotopic (exact) mass is 401 g/mol. The molecule has 8 nitrogen and oxygen atoms in total. The van der Waals surface area contributed by atoms with Gasteiger partial charge in [-0.15, -0.1) is 11.3 Å². The van der Waals surface area contributed by atoms with E-state index in [0.29, 0.717) is 12.1 Å². The zero-order chi connectivity index (χ0) is 20.1. The van der Waals surface area contributed by atoms with Crippen LogP contribution in [0.1, 0.15) is 27.7 Å². The second-order valence-electron chi connectivity index (χ2n) is 6.14. The molecule has 1 aliphatic heterocycles. The normalized spacial score (nSPS) is 14.5. The van der Waals surface area contributed by atoms with Gasteiger partial charge in [0.2, 0.25) is 5.91 Å². The molecule has 0 spiro atoms. The first-order valence-electron chi connectivity index (χ1n) is 8.63. The highest BCUT2D eigenvalue weighted by atomic mass is 32.1. The number of ether oxygens (including phenoxy) is 1. The van der Waals surface area contributed by atoms with E-state index in [0.717, 1.165) is 9.78 Å². The molecule has 1 fully saturated rings. The number of rotatable bonds is 7. The molecular formula is C19H19N3O5S. The number of hydrogen-bond donors (Lipinski definition) is 2. The number of carbonyl (C=O) groups is 4. The SMILES string of the molecule is CC(OC(=O)c1ccccc1CN1C(=O)CNC1=O)C(=O)NCc1cccs1. The summed E-state index contributed by atoms with van der Waals surface area (Å²) in [6.45, 7) is 1.74. The smallest absolute Gasteiger partial charge is 0.339 e. The topological polar surface area (TPSA) is 105 Å². The molecule has 1 unspecified atom stereocenters. The predicted molar refractivity (Wildman–Crippen MR) is 101 cm³/mol. The maximum atomic E-state index is 12.5. The molecule has 2 aromatic rings. The lowest BCUT2D eigenvalue weighted by Crippen LogP contribution is -2.35. The van der Waals surface area contributed by atoms with Gasteiger partial charge in [0.1, 0.15) is 0 Å². The number of esters is 1. The fourth-order valence-electron chi connectivity index (χ4n) is 2.65. The van der Waals surface area contributed by atoms with E-state index in [1.165, 1.54) is 24.3 Å². The molecule has 2 N–H and O–H groups in total. The van der Waals surface area contributed by atoms with Crippen molar-refractivity contribution in [3.05, 3.63) is 57.8 Å². The van der Waals surface area contributed by atoms with Crippen molar-refractivity contribution < 1.29 is 23.9 Å². The average molecular weight is 401 g/mol. The number of amides is 4. The Labute approximate surface area is 165 Å². The largest absolute Gasteiger partial charge is 0.449 e. The number of imide groups is 1. The van der Waals surface area contributed by atoms with Gasteiger partial charge in [0.25, 0.3) is 5.91 Å². The van der Waals surface area contributed by atoms with Crippen molar-refractivity contribution in [3.63, 3.8) is 0 Å². The van der Waals surface area contributed by atoms with E-state index in [1.54, 1.807) is 18.2 Å². The van der Waals surface area contributed by atoms with Crippen LogP contribution in [0.15, 0.2) is 41.8 Å². The number of hydrogen-bond acceptors (Lipinski definition) is 6. The third-order valence-electron chi connectivity index (χ3n) is 4.17. The fraction of sp³-hybridized carbons (Fsp3) is 0.263. The molecule has 4 amide bonds. The number of thiophene rings is 1. The van der Waals surface area contributed by atoms with Crippen molar-refractivity contribution in [1.29, 1.82) is 0 Å². The van der Waals surface area contributed by atoms with Crippen molar-refractivity contribution in [2.24, 2.45) is 0 Å². The lowest BCUT2D eigenvalue weighted by Gasteiger charge is -2.17. The van der Waals surface area contributed by atoms with Crippen molar-refractivity contribution in [3.8, 4) is 0 Å². The van der Waals surface area contributed by atoms with Crippen molar-refractivity contribution in [1.82, 2.24) is 15.5 Å². The molecule has 0 aliphatic carbocycles. The van der Waals surface area contributed by atoms with Gasteiger partial charge < -0.3 is 15.4 Å². The lowest BCUT2D eigenvalue weighted by molar-refractivity contribution is -0.129.